The second-order valence-corrected chi connectivity index (χ2v) is 8.35. The van der Waals surface area contributed by atoms with E-state index >= 15 is 0 Å². The van der Waals surface area contributed by atoms with E-state index in [4.69, 9.17) is 16.6 Å². The molecule has 2 aliphatic heterocycles. The number of imide groups is 1. The van der Waals surface area contributed by atoms with Crippen LogP contribution in [-0.4, -0.2) is 38.2 Å². The van der Waals surface area contributed by atoms with E-state index in [2.05, 4.69) is 5.32 Å². The lowest BCUT2D eigenvalue weighted by Crippen LogP contribution is -2.52. The van der Waals surface area contributed by atoms with E-state index < -0.39 is 11.9 Å². The maximum atomic E-state index is 12.9. The number of hydrogen-bond donors (Lipinski definition) is 1. The molecule has 0 spiro atoms. The van der Waals surface area contributed by atoms with E-state index in [0.717, 1.165) is 28.2 Å². The molecule has 3 amide bonds. The number of aromatic nitrogens is 2. The molecule has 0 bridgehead atoms. The van der Waals surface area contributed by atoms with E-state index in [1.165, 1.54) is 0 Å². The van der Waals surface area contributed by atoms with Crippen molar-refractivity contribution < 1.29 is 14.4 Å². The number of fused-ring (bicyclic) bond motifs is 1. The summed E-state index contributed by atoms with van der Waals surface area (Å²) >= 11 is 6.27. The molecule has 2 aromatic rings. The van der Waals surface area contributed by atoms with Crippen LogP contribution in [0.5, 0.6) is 0 Å². The molecule has 2 aliphatic rings. The van der Waals surface area contributed by atoms with Crippen LogP contribution in [0, 0.1) is 0 Å². The van der Waals surface area contributed by atoms with E-state index in [1.807, 2.05) is 55.9 Å². The van der Waals surface area contributed by atoms with Gasteiger partial charge in [-0.05, 0) is 38.0 Å². The Balaban J connectivity index is 1.64. The number of amides is 3. The first-order valence-corrected chi connectivity index (χ1v) is 10.5. The van der Waals surface area contributed by atoms with E-state index in [0.29, 0.717) is 23.6 Å². The minimum Gasteiger partial charge on any atom is -0.333 e. The highest BCUT2D eigenvalue weighted by atomic mass is 35.5. The lowest BCUT2D eigenvalue weighted by molar-refractivity contribution is -0.136. The van der Waals surface area contributed by atoms with Crippen molar-refractivity contribution >= 4 is 34.9 Å². The predicted octanol–water partition coefficient (Wildman–Crippen LogP) is 3.39. The number of halogens is 1. The summed E-state index contributed by atoms with van der Waals surface area (Å²) in [7, 11) is 1.91. The number of benzene rings is 1. The first-order valence-electron chi connectivity index (χ1n) is 10.1. The Labute approximate surface area is 185 Å². The highest BCUT2D eigenvalue weighted by Crippen LogP contribution is 2.32. The van der Waals surface area contributed by atoms with Crippen LogP contribution in [0.15, 0.2) is 41.6 Å². The molecule has 160 valence electrons. The van der Waals surface area contributed by atoms with Gasteiger partial charge in [0, 0.05) is 47.9 Å². The Kier molecular flexibility index (Phi) is 5.54. The number of allylic oxidation sites excluding steroid dienone is 4. The summed E-state index contributed by atoms with van der Waals surface area (Å²) in [6, 6.07) is 4.96. The molecular weight excluding hydrogens is 416 g/mol. The monoisotopic (exact) mass is 438 g/mol. The van der Waals surface area contributed by atoms with Crippen LogP contribution < -0.4 is 5.32 Å². The summed E-state index contributed by atoms with van der Waals surface area (Å²) in [5.41, 5.74) is 3.92. The summed E-state index contributed by atoms with van der Waals surface area (Å²) in [5.74, 6) is -0.139. The fraction of sp³-hybridized carbons (Fsp3) is 0.304. The maximum Gasteiger partial charge on any atom is 0.255 e. The number of imidazole rings is 1. The minimum atomic E-state index is -0.622. The van der Waals surface area contributed by atoms with Gasteiger partial charge in [-0.3, -0.25) is 19.7 Å². The third-order valence-corrected chi connectivity index (χ3v) is 5.84. The van der Waals surface area contributed by atoms with Gasteiger partial charge in [0.25, 0.3) is 5.91 Å². The maximum absolute atomic E-state index is 12.9. The third-order valence-electron chi connectivity index (χ3n) is 5.64. The van der Waals surface area contributed by atoms with Gasteiger partial charge in [-0.25, -0.2) is 4.98 Å². The molecular formula is C23H23ClN4O3. The van der Waals surface area contributed by atoms with Crippen LogP contribution in [0.25, 0.3) is 16.8 Å². The molecule has 1 aromatic heterocycles. The molecule has 1 aromatic carbocycles. The molecule has 1 N–H and O–H groups in total. The van der Waals surface area contributed by atoms with E-state index in [9.17, 15) is 14.4 Å². The quantitative estimate of drug-likeness (QED) is 0.585. The summed E-state index contributed by atoms with van der Waals surface area (Å²) in [4.78, 5) is 42.9. The third kappa shape index (κ3) is 3.81. The van der Waals surface area contributed by atoms with E-state index in [-0.39, 0.29) is 18.2 Å². The number of hydrogen-bond acceptors (Lipinski definition) is 4. The molecule has 0 aliphatic carbocycles. The van der Waals surface area contributed by atoms with Crippen molar-refractivity contribution in [3.63, 3.8) is 0 Å². The van der Waals surface area contributed by atoms with Crippen LogP contribution in [0.4, 0.5) is 0 Å². The number of carbonyl (C=O) groups excluding carboxylic acids is 3. The van der Waals surface area contributed by atoms with Crippen LogP contribution in [-0.2, 0) is 23.2 Å². The van der Waals surface area contributed by atoms with Crippen molar-refractivity contribution in [3.05, 3.63) is 58.5 Å². The lowest BCUT2D eigenvalue weighted by atomic mass is 10.0. The zero-order valence-corrected chi connectivity index (χ0v) is 18.4. The van der Waals surface area contributed by atoms with Crippen molar-refractivity contribution in [2.24, 2.45) is 7.05 Å². The van der Waals surface area contributed by atoms with E-state index in [1.54, 1.807) is 11.0 Å². The number of nitrogens with zero attached hydrogens (tertiary/aromatic N) is 3. The first kappa shape index (κ1) is 21.1. The summed E-state index contributed by atoms with van der Waals surface area (Å²) in [6.07, 6.45) is 6.35. The smallest absolute Gasteiger partial charge is 0.255 e. The van der Waals surface area contributed by atoms with Crippen molar-refractivity contribution in [1.82, 2.24) is 19.8 Å². The average Bonchev–Trinajstić information content (AvgIpc) is 3.26. The second kappa shape index (κ2) is 8.15. The molecule has 4 rings (SSSR count). The minimum absolute atomic E-state index is 0.186. The fourth-order valence-electron chi connectivity index (χ4n) is 4.10. The number of piperidine rings is 1. The molecule has 1 atom stereocenters. The Morgan fingerprint density at radius 1 is 1.29 bits per heavy atom. The van der Waals surface area contributed by atoms with Gasteiger partial charge >= 0.3 is 0 Å². The molecule has 1 saturated heterocycles. The predicted molar refractivity (Wildman–Crippen MR) is 118 cm³/mol. The van der Waals surface area contributed by atoms with Crippen molar-refractivity contribution in [2.45, 2.75) is 39.3 Å². The summed E-state index contributed by atoms with van der Waals surface area (Å²) in [5, 5.41) is 2.98. The molecule has 1 fully saturated rings. The van der Waals surface area contributed by atoms with Gasteiger partial charge in [-0.2, -0.15) is 0 Å². The van der Waals surface area contributed by atoms with Gasteiger partial charge in [0.05, 0.1) is 5.69 Å². The molecule has 8 heteroatoms. The van der Waals surface area contributed by atoms with Gasteiger partial charge in [-0.1, -0.05) is 29.8 Å². The van der Waals surface area contributed by atoms with Crippen molar-refractivity contribution in [2.75, 3.05) is 0 Å². The van der Waals surface area contributed by atoms with Crippen molar-refractivity contribution in [3.8, 4) is 11.3 Å². The lowest BCUT2D eigenvalue weighted by Gasteiger charge is -2.29. The Morgan fingerprint density at radius 3 is 2.74 bits per heavy atom. The molecule has 7 nitrogen and oxygen atoms in total. The number of carbonyl (C=O) groups is 3. The number of aryl methyl sites for hydroxylation is 1. The number of rotatable bonds is 4. The standard InChI is InChI=1S/C23H23ClN4O3/c1-4-5-16(13(2)24)21-25-18(12-27(21)3)14-6-7-17-15(10-14)11-28(23(17)31)19-8-9-20(29)26-22(19)30/h4-7,10,12,19H,8-9,11H2,1-3H3,(H,26,29,30)/b5-4-,16-13-. The largest absolute Gasteiger partial charge is 0.333 e. The molecule has 3 heterocycles. The van der Waals surface area contributed by atoms with Gasteiger partial charge in [0.1, 0.15) is 11.9 Å². The van der Waals surface area contributed by atoms with Gasteiger partial charge in [-0.15, -0.1) is 0 Å². The summed E-state index contributed by atoms with van der Waals surface area (Å²) < 4.78 is 1.92. The Hall–Kier alpha value is -3.19. The molecule has 1 unspecified atom stereocenters. The SMILES string of the molecule is C/C=C\C(=C(/C)Cl)c1nc(-c2ccc3c(c2)CN(C2CCC(=O)NC2=O)C3=O)cn1C. The highest BCUT2D eigenvalue weighted by Gasteiger charge is 2.39. The molecule has 0 saturated carbocycles. The van der Waals surface area contributed by atoms with Crippen LogP contribution in [0.1, 0.15) is 48.4 Å². The van der Waals surface area contributed by atoms with Crippen LogP contribution in [0.3, 0.4) is 0 Å². The van der Waals surface area contributed by atoms with Crippen LogP contribution >= 0.6 is 11.6 Å². The molecule has 0 radical (unpaired) electrons. The highest BCUT2D eigenvalue weighted by molar-refractivity contribution is 6.32. The Bertz CT molecular complexity index is 1160. The van der Waals surface area contributed by atoms with Gasteiger partial charge in [0.2, 0.25) is 11.8 Å². The fourth-order valence-corrected chi connectivity index (χ4v) is 4.25. The average molecular weight is 439 g/mol. The summed E-state index contributed by atoms with van der Waals surface area (Å²) in [6.45, 7) is 4.09. The van der Waals surface area contributed by atoms with Crippen molar-refractivity contribution in [1.29, 1.82) is 0 Å². The van der Waals surface area contributed by atoms with Gasteiger partial charge in [0.15, 0.2) is 0 Å². The first-order chi connectivity index (χ1) is 14.8. The van der Waals surface area contributed by atoms with Gasteiger partial charge < -0.3 is 9.47 Å². The number of nitrogens with one attached hydrogen (secondary N) is 1. The normalized spacial score (nSPS) is 19.7. The second-order valence-electron chi connectivity index (χ2n) is 7.78. The zero-order chi connectivity index (χ0) is 22.3. The Morgan fingerprint density at radius 2 is 2.06 bits per heavy atom. The topological polar surface area (TPSA) is 84.3 Å². The molecule has 31 heavy (non-hydrogen) atoms. The zero-order valence-electron chi connectivity index (χ0n) is 17.6. The van der Waals surface area contributed by atoms with Crippen LogP contribution in [0.2, 0.25) is 0 Å².